The molecule has 0 radical (unpaired) electrons. The normalized spacial score (nSPS) is 11.6. The molecule has 0 nitrogen and oxygen atoms in total. The van der Waals surface area contributed by atoms with Crippen LogP contribution in [-0.4, -0.2) is 12.3 Å². The van der Waals surface area contributed by atoms with Crippen LogP contribution < -0.4 is 0 Å². The molecule has 0 saturated carbocycles. The van der Waals surface area contributed by atoms with Gasteiger partial charge in [0.1, 0.15) is 0 Å². The first-order valence-corrected chi connectivity index (χ1v) is 8.04. The first-order valence-electron chi connectivity index (χ1n) is 6.62. The van der Waals surface area contributed by atoms with Crippen molar-refractivity contribution in [2.45, 2.75) is 71.6 Å². The summed E-state index contributed by atoms with van der Waals surface area (Å²) in [5.41, 5.74) is 0. The second-order valence-electron chi connectivity index (χ2n) is 4.22. The fraction of sp³-hybridized carbons (Fsp3) is 1.00. The van der Waals surface area contributed by atoms with E-state index in [0.717, 1.165) is 0 Å². The Balaban J connectivity index is 2.78. The van der Waals surface area contributed by atoms with Crippen molar-refractivity contribution in [2.75, 3.05) is 12.3 Å². The Morgan fingerprint density at radius 2 is 1.14 bits per heavy atom. The van der Waals surface area contributed by atoms with E-state index in [1.807, 2.05) is 0 Å². The second-order valence-corrected chi connectivity index (χ2v) is 5.72. The maximum Gasteiger partial charge on any atom is -0.0353 e. The molecule has 86 valence electrons. The van der Waals surface area contributed by atoms with Crippen molar-refractivity contribution in [1.82, 2.24) is 0 Å². The highest BCUT2D eigenvalue weighted by Gasteiger charge is 1.91. The molecule has 0 N–H and O–H groups in total. The molecule has 0 aromatic rings. The molecule has 0 amide bonds. The molecule has 0 saturated heterocycles. The van der Waals surface area contributed by atoms with Crippen LogP contribution in [0.25, 0.3) is 0 Å². The van der Waals surface area contributed by atoms with Gasteiger partial charge in [-0.25, -0.2) is 0 Å². The van der Waals surface area contributed by atoms with Crippen LogP contribution in [0.1, 0.15) is 71.6 Å². The predicted octanol–water partition coefficient (Wildman–Crippen LogP) is 5.22. The molecule has 0 heterocycles. The average Bonchev–Trinajstić information content (AvgIpc) is 2.21. The monoisotopic (exact) mass is 216 g/mol. The minimum atomic E-state index is 1.24. The van der Waals surface area contributed by atoms with Gasteiger partial charge in [0.25, 0.3) is 0 Å². The van der Waals surface area contributed by atoms with Crippen molar-refractivity contribution in [3.8, 4) is 0 Å². The highest BCUT2D eigenvalue weighted by atomic mass is 31.1. The number of hydrogen-bond acceptors (Lipinski definition) is 0. The van der Waals surface area contributed by atoms with E-state index in [1.54, 1.807) is 0 Å². The molecular weight excluding hydrogens is 187 g/mol. The van der Waals surface area contributed by atoms with Gasteiger partial charge in [0.2, 0.25) is 0 Å². The van der Waals surface area contributed by atoms with E-state index in [9.17, 15) is 0 Å². The summed E-state index contributed by atoms with van der Waals surface area (Å²) in [5, 5.41) is 0. The Hall–Kier alpha value is 0.430. The van der Waals surface area contributed by atoms with Crippen LogP contribution in [0.4, 0.5) is 0 Å². The summed E-state index contributed by atoms with van der Waals surface area (Å²) in [7, 11) is 1.24. The highest BCUT2D eigenvalue weighted by molar-refractivity contribution is 7.37. The van der Waals surface area contributed by atoms with Crippen molar-refractivity contribution in [3.05, 3.63) is 0 Å². The zero-order valence-corrected chi connectivity index (χ0v) is 11.3. The second kappa shape index (κ2) is 13.4. The predicted molar refractivity (Wildman–Crippen MR) is 71.0 cm³/mol. The van der Waals surface area contributed by atoms with E-state index in [0.29, 0.717) is 0 Å². The van der Waals surface area contributed by atoms with Gasteiger partial charge in [0.15, 0.2) is 0 Å². The Bertz CT molecular complexity index is 79.2. The lowest BCUT2D eigenvalue weighted by Gasteiger charge is -2.01. The van der Waals surface area contributed by atoms with Crippen LogP contribution in [0.5, 0.6) is 0 Å². The highest BCUT2D eigenvalue weighted by Crippen LogP contribution is 2.15. The van der Waals surface area contributed by atoms with Gasteiger partial charge in [0, 0.05) is 0 Å². The minimum Gasteiger partial charge on any atom is -0.122 e. The van der Waals surface area contributed by atoms with E-state index in [2.05, 4.69) is 13.8 Å². The van der Waals surface area contributed by atoms with Crippen LogP contribution in [0.2, 0.25) is 0 Å². The van der Waals surface area contributed by atoms with Gasteiger partial charge in [-0.05, 0) is 18.7 Å². The van der Waals surface area contributed by atoms with Gasteiger partial charge in [-0.2, -0.15) is 0 Å². The molecule has 0 aromatic heterocycles. The SMILES string of the molecule is CCCCCCCCCCPCCC. The van der Waals surface area contributed by atoms with E-state index < -0.39 is 0 Å². The van der Waals surface area contributed by atoms with Crippen LogP contribution >= 0.6 is 8.58 Å². The van der Waals surface area contributed by atoms with Crippen LogP contribution in [0.3, 0.4) is 0 Å². The molecular formula is C13H29P. The lowest BCUT2D eigenvalue weighted by atomic mass is 10.1. The molecule has 14 heavy (non-hydrogen) atoms. The van der Waals surface area contributed by atoms with Crippen molar-refractivity contribution >= 4 is 8.58 Å². The summed E-state index contributed by atoms with van der Waals surface area (Å²) in [6.07, 6.45) is 16.1. The Labute approximate surface area is 93.0 Å². The fourth-order valence-electron chi connectivity index (χ4n) is 1.69. The van der Waals surface area contributed by atoms with Crippen LogP contribution in [0, 0.1) is 0 Å². The van der Waals surface area contributed by atoms with Gasteiger partial charge in [-0.1, -0.05) is 65.2 Å². The molecule has 0 aliphatic heterocycles. The van der Waals surface area contributed by atoms with Gasteiger partial charge in [-0.15, -0.1) is 8.58 Å². The van der Waals surface area contributed by atoms with Crippen molar-refractivity contribution in [1.29, 1.82) is 0 Å². The lowest BCUT2D eigenvalue weighted by Crippen LogP contribution is -1.83. The molecule has 0 spiro atoms. The first kappa shape index (κ1) is 14.4. The largest absolute Gasteiger partial charge is 0.122 e. The summed E-state index contributed by atoms with van der Waals surface area (Å²) >= 11 is 0. The first-order chi connectivity index (χ1) is 6.91. The molecule has 0 rings (SSSR count). The van der Waals surface area contributed by atoms with Crippen molar-refractivity contribution in [2.24, 2.45) is 0 Å². The molecule has 0 aliphatic carbocycles. The fourth-order valence-corrected chi connectivity index (χ4v) is 2.79. The summed E-state index contributed by atoms with van der Waals surface area (Å²) in [5.74, 6) is 0. The summed E-state index contributed by atoms with van der Waals surface area (Å²) in [6.45, 7) is 4.58. The van der Waals surface area contributed by atoms with E-state index in [1.165, 1.54) is 78.7 Å². The van der Waals surface area contributed by atoms with Gasteiger partial charge in [-0.3, -0.25) is 0 Å². The van der Waals surface area contributed by atoms with E-state index in [-0.39, 0.29) is 0 Å². The third kappa shape index (κ3) is 12.4. The maximum absolute atomic E-state index is 2.29. The molecule has 0 bridgehead atoms. The standard InChI is InChI=1S/C13H29P/c1-3-5-6-7-8-9-10-11-13-14-12-4-2/h14H,3-13H2,1-2H3. The van der Waals surface area contributed by atoms with Gasteiger partial charge >= 0.3 is 0 Å². The Morgan fingerprint density at radius 1 is 0.571 bits per heavy atom. The van der Waals surface area contributed by atoms with Crippen LogP contribution in [0.15, 0.2) is 0 Å². The van der Waals surface area contributed by atoms with Crippen LogP contribution in [-0.2, 0) is 0 Å². The topological polar surface area (TPSA) is 0 Å². The number of rotatable bonds is 11. The zero-order valence-electron chi connectivity index (χ0n) is 10.3. The molecule has 0 fully saturated rings. The summed E-state index contributed by atoms with van der Waals surface area (Å²) in [4.78, 5) is 0. The lowest BCUT2D eigenvalue weighted by molar-refractivity contribution is 0.586. The van der Waals surface area contributed by atoms with Gasteiger partial charge in [0.05, 0.1) is 0 Å². The summed E-state index contributed by atoms with van der Waals surface area (Å²) in [6, 6.07) is 0. The number of unbranched alkanes of at least 4 members (excludes halogenated alkanes) is 7. The van der Waals surface area contributed by atoms with Crippen molar-refractivity contribution in [3.63, 3.8) is 0 Å². The molecule has 1 atom stereocenters. The van der Waals surface area contributed by atoms with E-state index >= 15 is 0 Å². The quantitative estimate of drug-likeness (QED) is 0.328. The molecule has 0 aromatic carbocycles. The zero-order chi connectivity index (χ0) is 10.5. The average molecular weight is 216 g/mol. The van der Waals surface area contributed by atoms with E-state index in [4.69, 9.17) is 0 Å². The molecule has 1 unspecified atom stereocenters. The maximum atomic E-state index is 2.29. The minimum absolute atomic E-state index is 1.24. The Kier molecular flexibility index (Phi) is 13.8. The summed E-state index contributed by atoms with van der Waals surface area (Å²) < 4.78 is 0. The smallest absolute Gasteiger partial charge is 0.0353 e. The van der Waals surface area contributed by atoms with Crippen molar-refractivity contribution < 1.29 is 0 Å². The molecule has 1 heteroatoms. The Morgan fingerprint density at radius 3 is 1.71 bits per heavy atom. The van der Waals surface area contributed by atoms with Gasteiger partial charge < -0.3 is 0 Å². The third-order valence-corrected chi connectivity index (χ3v) is 4.19. The number of hydrogen-bond donors (Lipinski definition) is 0. The molecule has 0 aliphatic rings. The third-order valence-electron chi connectivity index (χ3n) is 2.63.